The molecule has 0 spiro atoms. The van der Waals surface area contributed by atoms with Crippen molar-refractivity contribution in [1.29, 1.82) is 0 Å². The molecule has 1 aliphatic heterocycles. The van der Waals surface area contributed by atoms with Gasteiger partial charge in [-0.1, -0.05) is 60.7 Å². The molecular formula is C20H21NO4. The molecule has 0 N–H and O–H groups in total. The van der Waals surface area contributed by atoms with Crippen molar-refractivity contribution in [3.63, 3.8) is 0 Å². The number of hydrogen-bond acceptors (Lipinski definition) is 4. The summed E-state index contributed by atoms with van der Waals surface area (Å²) in [7, 11) is 0. The second-order valence-corrected chi connectivity index (χ2v) is 5.86. The molecule has 130 valence electrons. The van der Waals surface area contributed by atoms with Gasteiger partial charge >= 0.3 is 5.97 Å². The summed E-state index contributed by atoms with van der Waals surface area (Å²) in [6.45, 7) is 1.88. The normalized spacial score (nSPS) is 14.4. The minimum atomic E-state index is -0.542. The Balaban J connectivity index is 1.70. The lowest BCUT2D eigenvalue weighted by molar-refractivity contribution is -0.154. The van der Waals surface area contributed by atoms with E-state index in [0.29, 0.717) is 26.3 Å². The summed E-state index contributed by atoms with van der Waals surface area (Å²) in [5.74, 6) is -1.14. The molecular weight excluding hydrogens is 318 g/mol. The number of morpholine rings is 1. The van der Waals surface area contributed by atoms with Gasteiger partial charge in [0.25, 0.3) is 5.91 Å². The van der Waals surface area contributed by atoms with E-state index in [-0.39, 0.29) is 12.5 Å². The zero-order chi connectivity index (χ0) is 17.5. The maximum Gasteiger partial charge on any atom is 0.318 e. The summed E-state index contributed by atoms with van der Waals surface area (Å²) in [5.41, 5.74) is 1.69. The van der Waals surface area contributed by atoms with Crippen molar-refractivity contribution in [1.82, 2.24) is 4.90 Å². The summed E-state index contributed by atoms with van der Waals surface area (Å²) in [6.07, 6.45) is 0. The van der Waals surface area contributed by atoms with Gasteiger partial charge < -0.3 is 14.4 Å². The Morgan fingerprint density at radius 2 is 1.44 bits per heavy atom. The van der Waals surface area contributed by atoms with Gasteiger partial charge in [0.1, 0.15) is 5.92 Å². The first-order chi connectivity index (χ1) is 12.3. The molecule has 5 heteroatoms. The molecule has 2 aromatic carbocycles. The van der Waals surface area contributed by atoms with Crippen LogP contribution in [0.3, 0.4) is 0 Å². The second kappa shape index (κ2) is 8.44. The maximum atomic E-state index is 12.7. The highest BCUT2D eigenvalue weighted by molar-refractivity contribution is 5.85. The van der Waals surface area contributed by atoms with Crippen molar-refractivity contribution in [3.8, 4) is 0 Å². The van der Waals surface area contributed by atoms with Crippen LogP contribution in [-0.4, -0.2) is 49.7 Å². The van der Waals surface area contributed by atoms with Crippen molar-refractivity contribution in [2.45, 2.75) is 5.92 Å². The molecule has 1 heterocycles. The van der Waals surface area contributed by atoms with Gasteiger partial charge in [0.15, 0.2) is 6.61 Å². The predicted octanol–water partition coefficient (Wildman–Crippen LogP) is 2.22. The van der Waals surface area contributed by atoms with E-state index >= 15 is 0 Å². The topological polar surface area (TPSA) is 55.8 Å². The molecule has 1 fully saturated rings. The van der Waals surface area contributed by atoms with Crippen LogP contribution in [-0.2, 0) is 19.1 Å². The van der Waals surface area contributed by atoms with Crippen molar-refractivity contribution >= 4 is 11.9 Å². The van der Waals surface area contributed by atoms with Gasteiger partial charge in [-0.3, -0.25) is 9.59 Å². The monoisotopic (exact) mass is 339 g/mol. The van der Waals surface area contributed by atoms with E-state index in [1.54, 1.807) is 4.90 Å². The molecule has 0 aliphatic carbocycles. The van der Waals surface area contributed by atoms with E-state index in [4.69, 9.17) is 9.47 Å². The Kier molecular flexibility index (Phi) is 5.80. The number of amides is 1. The fraction of sp³-hybridized carbons (Fsp3) is 0.300. The molecule has 5 nitrogen and oxygen atoms in total. The van der Waals surface area contributed by atoms with Crippen LogP contribution in [0.15, 0.2) is 60.7 Å². The van der Waals surface area contributed by atoms with E-state index in [1.807, 2.05) is 60.7 Å². The number of esters is 1. The molecule has 0 unspecified atom stereocenters. The Morgan fingerprint density at radius 1 is 0.920 bits per heavy atom. The van der Waals surface area contributed by atoms with Crippen LogP contribution >= 0.6 is 0 Å². The zero-order valence-corrected chi connectivity index (χ0v) is 14.0. The van der Waals surface area contributed by atoms with Gasteiger partial charge in [0, 0.05) is 13.1 Å². The average Bonchev–Trinajstić information content (AvgIpc) is 2.69. The van der Waals surface area contributed by atoms with E-state index in [2.05, 4.69) is 0 Å². The van der Waals surface area contributed by atoms with E-state index in [0.717, 1.165) is 11.1 Å². The number of rotatable bonds is 5. The first-order valence-electron chi connectivity index (χ1n) is 8.38. The summed E-state index contributed by atoms with van der Waals surface area (Å²) >= 11 is 0. The summed E-state index contributed by atoms with van der Waals surface area (Å²) in [4.78, 5) is 26.6. The number of carbonyl (C=O) groups excluding carboxylic acids is 2. The number of ether oxygens (including phenoxy) is 2. The Hall–Kier alpha value is -2.66. The predicted molar refractivity (Wildman–Crippen MR) is 93.1 cm³/mol. The van der Waals surface area contributed by atoms with Gasteiger partial charge in [0.2, 0.25) is 0 Å². The molecule has 0 bridgehead atoms. The molecule has 0 aromatic heterocycles. The highest BCUT2D eigenvalue weighted by atomic mass is 16.5. The molecule has 0 radical (unpaired) electrons. The fourth-order valence-corrected chi connectivity index (χ4v) is 2.88. The van der Waals surface area contributed by atoms with Crippen LogP contribution in [0.2, 0.25) is 0 Å². The lowest BCUT2D eigenvalue weighted by Crippen LogP contribution is -2.43. The third-order valence-electron chi connectivity index (χ3n) is 4.20. The van der Waals surface area contributed by atoms with Crippen LogP contribution in [0, 0.1) is 0 Å². The van der Waals surface area contributed by atoms with Crippen molar-refractivity contribution < 1.29 is 19.1 Å². The number of hydrogen-bond donors (Lipinski definition) is 0. The number of nitrogens with zero attached hydrogens (tertiary/aromatic N) is 1. The number of benzene rings is 2. The third kappa shape index (κ3) is 4.45. The van der Waals surface area contributed by atoms with E-state index in [9.17, 15) is 9.59 Å². The Morgan fingerprint density at radius 3 is 1.96 bits per heavy atom. The second-order valence-electron chi connectivity index (χ2n) is 5.86. The van der Waals surface area contributed by atoms with Crippen molar-refractivity contribution in [2.24, 2.45) is 0 Å². The SMILES string of the molecule is O=C(OCC(=O)N1CCOCC1)C(c1ccccc1)c1ccccc1. The Bertz CT molecular complexity index is 657. The summed E-state index contributed by atoms with van der Waals surface area (Å²) < 4.78 is 10.6. The standard InChI is InChI=1S/C20H21NO4/c22-18(21-11-13-24-14-12-21)15-25-20(23)19(16-7-3-1-4-8-16)17-9-5-2-6-10-17/h1-10,19H,11-15H2. The fourth-order valence-electron chi connectivity index (χ4n) is 2.88. The minimum absolute atomic E-state index is 0.184. The highest BCUT2D eigenvalue weighted by Crippen LogP contribution is 2.25. The molecule has 1 saturated heterocycles. The highest BCUT2D eigenvalue weighted by Gasteiger charge is 2.26. The molecule has 25 heavy (non-hydrogen) atoms. The van der Waals surface area contributed by atoms with Crippen LogP contribution in [0.25, 0.3) is 0 Å². The third-order valence-corrected chi connectivity index (χ3v) is 4.20. The lowest BCUT2D eigenvalue weighted by atomic mass is 9.91. The maximum absolute atomic E-state index is 12.7. The molecule has 1 amide bonds. The molecule has 0 atom stereocenters. The van der Waals surface area contributed by atoms with Crippen LogP contribution in [0.1, 0.15) is 17.0 Å². The van der Waals surface area contributed by atoms with Crippen molar-refractivity contribution in [2.75, 3.05) is 32.9 Å². The first-order valence-corrected chi connectivity index (χ1v) is 8.38. The molecule has 2 aromatic rings. The van der Waals surface area contributed by atoms with Crippen LogP contribution in [0.5, 0.6) is 0 Å². The quantitative estimate of drug-likeness (QED) is 0.784. The lowest BCUT2D eigenvalue weighted by Gasteiger charge is -2.27. The van der Waals surface area contributed by atoms with Gasteiger partial charge in [-0.2, -0.15) is 0 Å². The minimum Gasteiger partial charge on any atom is -0.455 e. The Labute approximate surface area is 147 Å². The zero-order valence-electron chi connectivity index (χ0n) is 14.0. The molecule has 3 rings (SSSR count). The van der Waals surface area contributed by atoms with Gasteiger partial charge in [0.05, 0.1) is 13.2 Å². The van der Waals surface area contributed by atoms with Gasteiger partial charge in [-0.25, -0.2) is 0 Å². The summed E-state index contributed by atoms with van der Waals surface area (Å²) in [6, 6.07) is 18.9. The molecule has 0 saturated carbocycles. The van der Waals surface area contributed by atoms with E-state index < -0.39 is 11.9 Å². The largest absolute Gasteiger partial charge is 0.455 e. The van der Waals surface area contributed by atoms with Crippen LogP contribution < -0.4 is 0 Å². The average molecular weight is 339 g/mol. The summed E-state index contributed by atoms with van der Waals surface area (Å²) in [5, 5.41) is 0. The number of carbonyl (C=O) groups is 2. The van der Waals surface area contributed by atoms with Crippen LogP contribution in [0.4, 0.5) is 0 Å². The first kappa shape index (κ1) is 17.2. The van der Waals surface area contributed by atoms with E-state index in [1.165, 1.54) is 0 Å². The smallest absolute Gasteiger partial charge is 0.318 e. The van der Waals surface area contributed by atoms with Gasteiger partial charge in [-0.05, 0) is 11.1 Å². The van der Waals surface area contributed by atoms with Gasteiger partial charge in [-0.15, -0.1) is 0 Å². The van der Waals surface area contributed by atoms with Crippen molar-refractivity contribution in [3.05, 3.63) is 71.8 Å². The molecule has 1 aliphatic rings.